The number of aryl methyl sites for hydroxylation is 3. The van der Waals surface area contributed by atoms with Crippen molar-refractivity contribution < 1.29 is 22.8 Å². The predicted octanol–water partition coefficient (Wildman–Crippen LogP) is 6.53. The summed E-state index contributed by atoms with van der Waals surface area (Å²) >= 11 is 1.36. The van der Waals surface area contributed by atoms with E-state index >= 15 is 0 Å². The molecule has 3 aromatic carbocycles. The van der Waals surface area contributed by atoms with Gasteiger partial charge in [0.25, 0.3) is 5.91 Å². The van der Waals surface area contributed by atoms with Gasteiger partial charge in [0.15, 0.2) is 0 Å². The van der Waals surface area contributed by atoms with E-state index in [0.717, 1.165) is 28.8 Å². The Labute approximate surface area is 206 Å². The lowest BCUT2D eigenvalue weighted by Crippen LogP contribution is -2.45. The van der Waals surface area contributed by atoms with Crippen molar-refractivity contribution in [2.75, 3.05) is 11.1 Å². The number of nitrogens with one attached hydrogen (secondary N) is 1. The molecule has 2 unspecified atom stereocenters. The summed E-state index contributed by atoms with van der Waals surface area (Å²) in [5.74, 6) is -0.365. The molecule has 1 saturated heterocycles. The number of amides is 2. The van der Waals surface area contributed by atoms with Crippen LogP contribution in [0.2, 0.25) is 0 Å². The maximum absolute atomic E-state index is 13.6. The van der Waals surface area contributed by atoms with Gasteiger partial charge in [-0.2, -0.15) is 13.2 Å². The van der Waals surface area contributed by atoms with Crippen molar-refractivity contribution in [3.8, 4) is 0 Å². The van der Waals surface area contributed by atoms with E-state index in [-0.39, 0.29) is 11.8 Å². The molecule has 0 radical (unpaired) electrons. The van der Waals surface area contributed by atoms with Crippen LogP contribution in [0, 0.1) is 20.8 Å². The van der Waals surface area contributed by atoms with Gasteiger partial charge in [0.05, 0.1) is 5.56 Å². The number of thioether (sulfide) groups is 1. The first-order chi connectivity index (χ1) is 16.5. The number of anilines is 1. The maximum atomic E-state index is 13.6. The number of alkyl halides is 3. The van der Waals surface area contributed by atoms with Crippen LogP contribution in [0.1, 0.15) is 43.5 Å². The number of carbonyl (C=O) groups excluding carboxylic acids is 2. The van der Waals surface area contributed by atoms with E-state index in [1.165, 1.54) is 28.8 Å². The van der Waals surface area contributed by atoms with Gasteiger partial charge in [-0.25, -0.2) is 0 Å². The van der Waals surface area contributed by atoms with Crippen LogP contribution in [0.3, 0.4) is 0 Å². The Hall–Kier alpha value is -3.26. The molecule has 1 N–H and O–H groups in total. The van der Waals surface area contributed by atoms with E-state index in [1.54, 1.807) is 12.1 Å². The molecule has 0 spiro atoms. The van der Waals surface area contributed by atoms with Gasteiger partial charge in [0.1, 0.15) is 11.4 Å². The van der Waals surface area contributed by atoms with Gasteiger partial charge >= 0.3 is 6.18 Å². The average molecular weight is 499 g/mol. The highest BCUT2D eigenvalue weighted by molar-refractivity contribution is 7.99. The highest BCUT2D eigenvalue weighted by atomic mass is 32.2. The first-order valence-electron chi connectivity index (χ1n) is 11.1. The van der Waals surface area contributed by atoms with E-state index in [2.05, 4.69) is 5.32 Å². The summed E-state index contributed by atoms with van der Waals surface area (Å²) in [5, 5.41) is 2.31. The minimum Gasteiger partial charge on any atom is -0.324 e. The smallest absolute Gasteiger partial charge is 0.324 e. The summed E-state index contributed by atoms with van der Waals surface area (Å²) in [5.41, 5.74) is 3.93. The minimum atomic E-state index is -4.45. The Balaban J connectivity index is 1.66. The van der Waals surface area contributed by atoms with Crippen LogP contribution in [0.25, 0.3) is 0 Å². The summed E-state index contributed by atoms with van der Waals surface area (Å²) in [6, 6.07) is 16.6. The standard InChI is InChI=1S/C27H25F3N2O2S/c1-16-4-7-19(8-5-16)25(34)32-23(24(33)31-22-13-6-17(2)18(3)14-22)15-35-26(32)20-9-11-21(12-10-20)27(28,29)30/h4-14,23,26H,15H2,1-3H3,(H,31,33). The molecule has 1 aliphatic rings. The quantitative estimate of drug-likeness (QED) is 0.445. The van der Waals surface area contributed by atoms with E-state index in [4.69, 9.17) is 0 Å². The fraction of sp³-hybridized carbons (Fsp3) is 0.259. The number of rotatable bonds is 4. The lowest BCUT2D eigenvalue weighted by molar-refractivity contribution is -0.137. The van der Waals surface area contributed by atoms with E-state index < -0.39 is 23.2 Å². The third-order valence-electron chi connectivity index (χ3n) is 6.13. The molecule has 2 atom stereocenters. The van der Waals surface area contributed by atoms with Gasteiger partial charge in [-0.1, -0.05) is 35.9 Å². The number of nitrogens with zero attached hydrogens (tertiary/aromatic N) is 1. The monoisotopic (exact) mass is 498 g/mol. The summed E-state index contributed by atoms with van der Waals surface area (Å²) in [7, 11) is 0. The van der Waals surface area contributed by atoms with Crippen LogP contribution in [-0.2, 0) is 11.0 Å². The molecule has 8 heteroatoms. The number of halogens is 3. The Morgan fingerprint density at radius 2 is 1.57 bits per heavy atom. The highest BCUT2D eigenvalue weighted by Gasteiger charge is 2.43. The van der Waals surface area contributed by atoms with Crippen molar-refractivity contribution >= 4 is 29.3 Å². The Bertz CT molecular complexity index is 1240. The van der Waals surface area contributed by atoms with Crippen LogP contribution in [-0.4, -0.2) is 28.5 Å². The summed E-state index contributed by atoms with van der Waals surface area (Å²) in [4.78, 5) is 28.4. The molecule has 0 saturated carbocycles. The van der Waals surface area contributed by atoms with Gasteiger partial charge in [-0.15, -0.1) is 11.8 Å². The molecule has 1 heterocycles. The third kappa shape index (κ3) is 5.37. The number of benzene rings is 3. The topological polar surface area (TPSA) is 49.4 Å². The minimum absolute atomic E-state index is 0.319. The fourth-order valence-electron chi connectivity index (χ4n) is 3.94. The average Bonchev–Trinajstić information content (AvgIpc) is 3.26. The van der Waals surface area contributed by atoms with Crippen LogP contribution < -0.4 is 5.32 Å². The Morgan fingerprint density at radius 1 is 0.914 bits per heavy atom. The molecule has 1 fully saturated rings. The summed E-state index contributed by atoms with van der Waals surface area (Å²) in [6.45, 7) is 5.83. The molecule has 0 bridgehead atoms. The summed E-state index contributed by atoms with van der Waals surface area (Å²) in [6.07, 6.45) is -4.45. The van der Waals surface area contributed by atoms with Crippen LogP contribution in [0.4, 0.5) is 18.9 Å². The zero-order valence-electron chi connectivity index (χ0n) is 19.5. The molecule has 2 amide bonds. The molecule has 35 heavy (non-hydrogen) atoms. The van der Waals surface area contributed by atoms with Crippen LogP contribution >= 0.6 is 11.8 Å². The highest BCUT2D eigenvalue weighted by Crippen LogP contribution is 2.43. The molecule has 182 valence electrons. The van der Waals surface area contributed by atoms with Crippen LogP contribution in [0.5, 0.6) is 0 Å². The fourth-order valence-corrected chi connectivity index (χ4v) is 5.37. The molecule has 0 aromatic heterocycles. The predicted molar refractivity (Wildman–Crippen MR) is 132 cm³/mol. The Morgan fingerprint density at radius 3 is 2.17 bits per heavy atom. The lowest BCUT2D eigenvalue weighted by atomic mass is 10.1. The van der Waals surface area contributed by atoms with Gasteiger partial charge in [-0.3, -0.25) is 9.59 Å². The van der Waals surface area contributed by atoms with Gasteiger partial charge < -0.3 is 10.2 Å². The molecule has 4 rings (SSSR count). The largest absolute Gasteiger partial charge is 0.416 e. The summed E-state index contributed by atoms with van der Waals surface area (Å²) < 4.78 is 39.2. The van der Waals surface area contributed by atoms with Gasteiger partial charge in [0.2, 0.25) is 5.91 Å². The Kier molecular flexibility index (Phi) is 6.94. The number of carbonyl (C=O) groups is 2. The van der Waals surface area contributed by atoms with Crippen molar-refractivity contribution in [1.82, 2.24) is 4.90 Å². The van der Waals surface area contributed by atoms with E-state index in [9.17, 15) is 22.8 Å². The third-order valence-corrected chi connectivity index (χ3v) is 7.46. The van der Waals surface area contributed by atoms with Crippen LogP contribution in [0.15, 0.2) is 66.7 Å². The number of hydrogen-bond donors (Lipinski definition) is 1. The first-order valence-corrected chi connectivity index (χ1v) is 12.2. The molecular weight excluding hydrogens is 473 g/mol. The molecular formula is C27H25F3N2O2S. The van der Waals surface area contributed by atoms with Crippen molar-refractivity contribution in [2.24, 2.45) is 0 Å². The lowest BCUT2D eigenvalue weighted by Gasteiger charge is -2.29. The van der Waals surface area contributed by atoms with Crippen molar-refractivity contribution in [1.29, 1.82) is 0 Å². The molecule has 3 aromatic rings. The SMILES string of the molecule is Cc1ccc(C(=O)N2C(C(=O)Nc3ccc(C)c(C)c3)CSC2c2ccc(C(F)(F)F)cc2)cc1. The molecule has 4 nitrogen and oxygen atoms in total. The normalized spacial score (nSPS) is 17.9. The zero-order chi connectivity index (χ0) is 25.3. The zero-order valence-corrected chi connectivity index (χ0v) is 20.3. The second-order valence-corrected chi connectivity index (χ2v) is 9.80. The second kappa shape index (κ2) is 9.77. The second-order valence-electron chi connectivity index (χ2n) is 8.69. The van der Waals surface area contributed by atoms with Crippen molar-refractivity contribution in [3.05, 3.63) is 100 Å². The van der Waals surface area contributed by atoms with Gasteiger partial charge in [0, 0.05) is 17.0 Å². The van der Waals surface area contributed by atoms with Crippen molar-refractivity contribution in [3.63, 3.8) is 0 Å². The number of hydrogen-bond acceptors (Lipinski definition) is 3. The van der Waals surface area contributed by atoms with E-state index in [1.807, 2.05) is 51.1 Å². The van der Waals surface area contributed by atoms with E-state index in [0.29, 0.717) is 22.6 Å². The molecule has 1 aliphatic heterocycles. The molecule has 0 aliphatic carbocycles. The maximum Gasteiger partial charge on any atom is 0.416 e. The van der Waals surface area contributed by atoms with Crippen molar-refractivity contribution in [2.45, 2.75) is 38.4 Å². The first kappa shape index (κ1) is 24.9. The van der Waals surface area contributed by atoms with Gasteiger partial charge in [-0.05, 0) is 73.9 Å².